The molecule has 3 N–H and O–H groups in total. The molecule has 2 aromatic carbocycles. The number of amides is 1. The van der Waals surface area contributed by atoms with Crippen molar-refractivity contribution in [1.29, 1.82) is 0 Å². The fraction of sp³-hybridized carbons (Fsp3) is 0.219. The second-order valence-corrected chi connectivity index (χ2v) is 10.3. The summed E-state index contributed by atoms with van der Waals surface area (Å²) in [6.45, 7) is 4.07. The zero-order valence-electron chi connectivity index (χ0n) is 23.2. The van der Waals surface area contributed by atoms with E-state index in [2.05, 4.69) is 35.9 Å². The minimum atomic E-state index is -0.636. The molecule has 0 bridgehead atoms. The van der Waals surface area contributed by atoms with E-state index in [0.717, 1.165) is 41.3 Å². The Morgan fingerprint density at radius 3 is 2.71 bits per heavy atom. The van der Waals surface area contributed by atoms with E-state index in [1.165, 1.54) is 12.1 Å². The lowest BCUT2D eigenvalue weighted by Gasteiger charge is -2.35. The summed E-state index contributed by atoms with van der Waals surface area (Å²) in [5.74, 6) is 0.414. The molecule has 5 aromatic rings. The van der Waals surface area contributed by atoms with Crippen LogP contribution in [0.4, 0.5) is 27.7 Å². The van der Waals surface area contributed by atoms with Crippen molar-refractivity contribution in [2.75, 3.05) is 28.6 Å². The van der Waals surface area contributed by atoms with Crippen molar-refractivity contribution in [2.24, 2.45) is 0 Å². The fourth-order valence-electron chi connectivity index (χ4n) is 5.29. The van der Waals surface area contributed by atoms with Crippen LogP contribution in [-0.4, -0.2) is 45.0 Å². The zero-order valence-corrected chi connectivity index (χ0v) is 23.2. The van der Waals surface area contributed by atoms with Crippen molar-refractivity contribution < 1.29 is 9.18 Å². The molecular formula is C32H31FN8O. The highest BCUT2D eigenvalue weighted by Gasteiger charge is 2.31. The monoisotopic (exact) mass is 562 g/mol. The van der Waals surface area contributed by atoms with E-state index in [-0.39, 0.29) is 11.6 Å². The topological polar surface area (TPSA) is 108 Å². The molecule has 0 radical (unpaired) electrons. The zero-order chi connectivity index (χ0) is 28.9. The molecular weight excluding hydrogens is 531 g/mol. The van der Waals surface area contributed by atoms with Crippen molar-refractivity contribution in [2.45, 2.75) is 32.4 Å². The SMILES string of the molecule is Cc1cccc2ccnc(N(C(=O)c3ccc(Nc4nccc(NCc5ccncc5)n4)cc3F)[C@@H]3CCCNC3)c12. The molecule has 4 heterocycles. The number of aryl methyl sites for hydroxylation is 1. The van der Waals surface area contributed by atoms with E-state index in [1.54, 1.807) is 41.8 Å². The van der Waals surface area contributed by atoms with Gasteiger partial charge in [0.2, 0.25) is 5.95 Å². The predicted molar refractivity (Wildman–Crippen MR) is 162 cm³/mol. The van der Waals surface area contributed by atoms with Crippen LogP contribution >= 0.6 is 0 Å². The lowest BCUT2D eigenvalue weighted by molar-refractivity contribution is 0.0968. The Balaban J connectivity index is 1.25. The van der Waals surface area contributed by atoms with Crippen LogP contribution in [0.1, 0.15) is 34.3 Å². The van der Waals surface area contributed by atoms with Crippen molar-refractivity contribution in [3.05, 3.63) is 108 Å². The lowest BCUT2D eigenvalue weighted by Crippen LogP contribution is -2.49. The number of halogens is 1. The first-order valence-corrected chi connectivity index (χ1v) is 14.0. The Bertz CT molecular complexity index is 1700. The molecule has 0 unspecified atom stereocenters. The second-order valence-electron chi connectivity index (χ2n) is 10.3. The van der Waals surface area contributed by atoms with Crippen molar-refractivity contribution in [3.8, 4) is 0 Å². The Kier molecular flexibility index (Phi) is 7.96. The first kappa shape index (κ1) is 27.2. The van der Waals surface area contributed by atoms with Crippen LogP contribution in [0.15, 0.2) is 85.5 Å². The predicted octanol–water partition coefficient (Wildman–Crippen LogP) is 5.62. The number of fused-ring (bicyclic) bond motifs is 1. The van der Waals surface area contributed by atoms with E-state index >= 15 is 4.39 Å². The molecule has 9 nitrogen and oxygen atoms in total. The van der Waals surface area contributed by atoms with Crippen LogP contribution in [0.25, 0.3) is 10.8 Å². The summed E-state index contributed by atoms with van der Waals surface area (Å²) in [5, 5.41) is 11.6. The van der Waals surface area contributed by atoms with Crippen LogP contribution in [0.2, 0.25) is 0 Å². The highest BCUT2D eigenvalue weighted by atomic mass is 19.1. The summed E-state index contributed by atoms with van der Waals surface area (Å²) in [4.78, 5) is 33.2. The van der Waals surface area contributed by atoms with Gasteiger partial charge < -0.3 is 16.0 Å². The Morgan fingerprint density at radius 2 is 1.90 bits per heavy atom. The molecule has 1 saturated heterocycles. The minimum absolute atomic E-state index is 0.0211. The summed E-state index contributed by atoms with van der Waals surface area (Å²) in [6.07, 6.45) is 8.51. The summed E-state index contributed by atoms with van der Waals surface area (Å²) >= 11 is 0. The van der Waals surface area contributed by atoms with Gasteiger partial charge in [0.1, 0.15) is 17.5 Å². The molecule has 212 valence electrons. The van der Waals surface area contributed by atoms with Crippen molar-refractivity contribution >= 4 is 40.0 Å². The number of anilines is 4. The van der Waals surface area contributed by atoms with Gasteiger partial charge in [-0.05, 0) is 85.3 Å². The van der Waals surface area contributed by atoms with Crippen molar-refractivity contribution in [1.82, 2.24) is 25.3 Å². The van der Waals surface area contributed by atoms with Gasteiger partial charge in [-0.25, -0.2) is 14.4 Å². The van der Waals surface area contributed by atoms with Crippen LogP contribution < -0.4 is 20.9 Å². The first-order valence-electron chi connectivity index (χ1n) is 14.0. The highest BCUT2D eigenvalue weighted by Crippen LogP contribution is 2.32. The molecule has 1 fully saturated rings. The number of nitrogens with zero attached hydrogens (tertiary/aromatic N) is 5. The average molecular weight is 563 g/mol. The Labute approximate surface area is 243 Å². The number of benzene rings is 2. The van der Waals surface area contributed by atoms with Gasteiger partial charge >= 0.3 is 0 Å². The average Bonchev–Trinajstić information content (AvgIpc) is 3.02. The number of carbonyl (C=O) groups excluding carboxylic acids is 1. The molecule has 1 amide bonds. The summed E-state index contributed by atoms with van der Waals surface area (Å²) in [6, 6.07) is 17.8. The quantitative estimate of drug-likeness (QED) is 0.224. The maximum atomic E-state index is 15.6. The number of pyridine rings is 2. The third-order valence-corrected chi connectivity index (χ3v) is 7.40. The molecule has 42 heavy (non-hydrogen) atoms. The molecule has 3 aromatic heterocycles. The van der Waals surface area contributed by atoms with E-state index in [4.69, 9.17) is 0 Å². The van der Waals surface area contributed by atoms with Gasteiger partial charge in [-0.15, -0.1) is 0 Å². The fourth-order valence-corrected chi connectivity index (χ4v) is 5.29. The number of nitrogens with one attached hydrogen (secondary N) is 3. The van der Waals surface area contributed by atoms with Gasteiger partial charge in [-0.2, -0.15) is 4.98 Å². The lowest BCUT2D eigenvalue weighted by atomic mass is 10.0. The summed E-state index contributed by atoms with van der Waals surface area (Å²) < 4.78 is 15.6. The van der Waals surface area contributed by atoms with Crippen LogP contribution in [0, 0.1) is 12.7 Å². The standard InChI is InChI=1S/C32H31FN8O/c1-21-4-2-5-23-11-16-36-30(29(21)23)41(25-6-3-13-35-20-25)31(42)26-8-7-24(18-27(26)33)39-32-37-17-12-28(40-32)38-19-22-9-14-34-15-10-22/h2,4-5,7-12,14-18,25,35H,3,6,13,19-20H2,1H3,(H2,37,38,39,40)/t25-/m1/s1. The van der Waals surface area contributed by atoms with Gasteiger partial charge in [0.05, 0.1) is 11.6 Å². The van der Waals surface area contributed by atoms with Crippen molar-refractivity contribution in [3.63, 3.8) is 0 Å². The maximum absolute atomic E-state index is 15.6. The molecule has 1 aliphatic rings. The first-order chi connectivity index (χ1) is 20.6. The Morgan fingerprint density at radius 1 is 1.05 bits per heavy atom. The van der Waals surface area contributed by atoms with E-state index < -0.39 is 11.7 Å². The molecule has 1 atom stereocenters. The van der Waals surface area contributed by atoms with Crippen LogP contribution in [-0.2, 0) is 6.54 Å². The molecule has 0 saturated carbocycles. The maximum Gasteiger partial charge on any atom is 0.262 e. The van der Waals surface area contributed by atoms with Crippen LogP contribution in [0.3, 0.4) is 0 Å². The Hall–Kier alpha value is -4.96. The number of hydrogen-bond acceptors (Lipinski definition) is 8. The molecule has 1 aliphatic heterocycles. The highest BCUT2D eigenvalue weighted by molar-refractivity contribution is 6.11. The molecule has 10 heteroatoms. The van der Waals surface area contributed by atoms with Crippen LogP contribution in [0.5, 0.6) is 0 Å². The van der Waals surface area contributed by atoms with Gasteiger partial charge in [-0.1, -0.05) is 18.2 Å². The third kappa shape index (κ3) is 5.89. The second kappa shape index (κ2) is 12.3. The smallest absolute Gasteiger partial charge is 0.262 e. The largest absolute Gasteiger partial charge is 0.366 e. The molecule has 0 aliphatic carbocycles. The van der Waals surface area contributed by atoms with Gasteiger partial charge in [0.25, 0.3) is 5.91 Å². The number of carbonyl (C=O) groups is 1. The third-order valence-electron chi connectivity index (χ3n) is 7.40. The van der Waals surface area contributed by atoms with Gasteiger partial charge in [-0.3, -0.25) is 14.7 Å². The summed E-state index contributed by atoms with van der Waals surface area (Å²) in [7, 11) is 0. The molecule has 0 spiro atoms. The number of piperidine rings is 1. The number of hydrogen-bond donors (Lipinski definition) is 3. The minimum Gasteiger partial charge on any atom is -0.366 e. The molecule has 6 rings (SSSR count). The number of aromatic nitrogens is 4. The van der Waals surface area contributed by atoms with E-state index in [0.29, 0.717) is 36.4 Å². The normalized spacial score (nSPS) is 14.9. The number of rotatable bonds is 8. The van der Waals surface area contributed by atoms with E-state index in [1.807, 2.05) is 43.3 Å². The summed E-state index contributed by atoms with van der Waals surface area (Å²) in [5.41, 5.74) is 2.48. The van der Waals surface area contributed by atoms with Gasteiger partial charge in [0, 0.05) is 49.0 Å². The van der Waals surface area contributed by atoms with E-state index in [9.17, 15) is 4.79 Å². The van der Waals surface area contributed by atoms with Gasteiger partial charge in [0.15, 0.2) is 0 Å².